The van der Waals surface area contributed by atoms with E-state index in [1.165, 1.54) is 98.7 Å². The van der Waals surface area contributed by atoms with Gasteiger partial charge in [-0.25, -0.2) is 0 Å². The number of hydrogen-bond acceptors (Lipinski definition) is 0. The van der Waals surface area contributed by atoms with Crippen molar-refractivity contribution in [3.8, 4) is 45.0 Å². The van der Waals surface area contributed by atoms with Gasteiger partial charge in [-0.1, -0.05) is 158 Å². The van der Waals surface area contributed by atoms with Crippen LogP contribution < -0.4 is 0 Å². The quantitative estimate of drug-likeness (QED) is 0.159. The van der Waals surface area contributed by atoms with Crippen molar-refractivity contribution in [2.45, 2.75) is 0 Å². The molecule has 14 rings (SSSR count). The fourth-order valence-corrected chi connectivity index (χ4v) is 10.9. The summed E-state index contributed by atoms with van der Waals surface area (Å²) in [4.78, 5) is 0. The van der Waals surface area contributed by atoms with Crippen molar-refractivity contribution < 1.29 is 0 Å². The molecule has 4 nitrogen and oxygen atoms in total. The van der Waals surface area contributed by atoms with Crippen LogP contribution in [0.25, 0.3) is 121 Å². The Morgan fingerprint density at radius 3 is 0.879 bits per heavy atom. The average molecular weight is 841 g/mol. The van der Waals surface area contributed by atoms with E-state index < -0.39 is 0 Å². The van der Waals surface area contributed by atoms with E-state index in [1.54, 1.807) is 0 Å². The summed E-state index contributed by atoms with van der Waals surface area (Å²) in [7, 11) is 0. The summed E-state index contributed by atoms with van der Waals surface area (Å²) in [6.45, 7) is 0. The Morgan fingerprint density at radius 2 is 0.500 bits per heavy atom. The van der Waals surface area contributed by atoms with Crippen LogP contribution in [-0.2, 0) is 0 Å². The van der Waals surface area contributed by atoms with Gasteiger partial charge in [0.15, 0.2) is 0 Å². The first-order valence-corrected chi connectivity index (χ1v) is 22.7. The third-order valence-corrected chi connectivity index (χ3v) is 13.7. The summed E-state index contributed by atoms with van der Waals surface area (Å²) in [5.74, 6) is 0. The first-order valence-electron chi connectivity index (χ1n) is 22.7. The number of fused-ring (bicyclic) bond motifs is 11. The van der Waals surface area contributed by atoms with E-state index in [2.05, 4.69) is 261 Å². The van der Waals surface area contributed by atoms with Gasteiger partial charge in [-0.2, -0.15) is 0 Å². The molecule has 0 atom stereocenters. The lowest BCUT2D eigenvalue weighted by Gasteiger charge is -2.13. The second-order valence-corrected chi connectivity index (χ2v) is 17.3. The molecule has 0 aliphatic heterocycles. The molecular formula is C62H40N4. The summed E-state index contributed by atoms with van der Waals surface area (Å²) < 4.78 is 9.76. The molecule has 0 bridgehead atoms. The van der Waals surface area contributed by atoms with Gasteiger partial charge in [0.2, 0.25) is 0 Å². The van der Waals surface area contributed by atoms with Crippen molar-refractivity contribution in [2.75, 3.05) is 0 Å². The minimum atomic E-state index is 1.13. The Kier molecular flexibility index (Phi) is 7.95. The fourth-order valence-electron chi connectivity index (χ4n) is 10.9. The zero-order chi connectivity index (χ0) is 43.3. The van der Waals surface area contributed by atoms with E-state index in [0.29, 0.717) is 0 Å². The Bertz CT molecular complexity index is 3840. The zero-order valence-electron chi connectivity index (χ0n) is 35.9. The largest absolute Gasteiger partial charge is 0.309 e. The molecule has 0 fully saturated rings. The SMILES string of the molecule is c1ccc(-n2c3cc(-c4cccc(-n5c6ccccc6c6ccccc65)c4)ccc3c3c2c2ccc(-c4cccc(-n5c6ccccc6c6ccccc65)c4)cc2n3-c2ccccc2)cc1. The smallest absolute Gasteiger partial charge is 0.0803 e. The number of para-hydroxylation sites is 6. The molecule has 14 aromatic rings. The summed E-state index contributed by atoms with van der Waals surface area (Å²) in [5.41, 5.74) is 18.8. The van der Waals surface area contributed by atoms with Crippen molar-refractivity contribution in [2.24, 2.45) is 0 Å². The Hall–Kier alpha value is -8.86. The van der Waals surface area contributed by atoms with Crippen LogP contribution in [0.5, 0.6) is 0 Å². The van der Waals surface area contributed by atoms with E-state index in [9.17, 15) is 0 Å². The number of hydrogen-bond donors (Lipinski definition) is 0. The van der Waals surface area contributed by atoms with E-state index in [-0.39, 0.29) is 0 Å². The monoisotopic (exact) mass is 840 g/mol. The molecule has 0 amide bonds. The third kappa shape index (κ3) is 5.39. The summed E-state index contributed by atoms with van der Waals surface area (Å²) >= 11 is 0. The molecule has 0 radical (unpaired) electrons. The molecule has 4 heteroatoms. The highest BCUT2D eigenvalue weighted by molar-refractivity contribution is 6.21. The first-order chi connectivity index (χ1) is 32.8. The molecule has 0 unspecified atom stereocenters. The van der Waals surface area contributed by atoms with Crippen molar-refractivity contribution in [1.29, 1.82) is 0 Å². The van der Waals surface area contributed by atoms with Crippen LogP contribution in [-0.4, -0.2) is 18.3 Å². The average Bonchev–Trinajstić information content (AvgIpc) is 4.11. The van der Waals surface area contributed by atoms with Gasteiger partial charge in [-0.05, 0) is 107 Å². The number of rotatable bonds is 6. The third-order valence-electron chi connectivity index (χ3n) is 13.7. The van der Waals surface area contributed by atoms with Gasteiger partial charge >= 0.3 is 0 Å². The minimum Gasteiger partial charge on any atom is -0.309 e. The highest BCUT2D eigenvalue weighted by atomic mass is 15.1. The molecule has 0 aliphatic carbocycles. The summed E-state index contributed by atoms with van der Waals surface area (Å²) in [5, 5.41) is 7.45. The van der Waals surface area contributed by atoms with Crippen molar-refractivity contribution in [1.82, 2.24) is 18.3 Å². The van der Waals surface area contributed by atoms with Crippen LogP contribution in [0.1, 0.15) is 0 Å². The predicted molar refractivity (Wildman–Crippen MR) is 277 cm³/mol. The predicted octanol–water partition coefficient (Wildman–Crippen LogP) is 16.3. The first kappa shape index (κ1) is 36.6. The molecule has 0 aliphatic rings. The van der Waals surface area contributed by atoms with Gasteiger partial charge in [0.05, 0.1) is 44.1 Å². The van der Waals surface area contributed by atoms with Gasteiger partial charge < -0.3 is 18.3 Å². The lowest BCUT2D eigenvalue weighted by atomic mass is 10.0. The molecular weight excluding hydrogens is 801 g/mol. The Morgan fingerprint density at radius 1 is 0.182 bits per heavy atom. The van der Waals surface area contributed by atoms with E-state index >= 15 is 0 Å². The molecule has 308 valence electrons. The Balaban J connectivity index is 0.980. The lowest BCUT2D eigenvalue weighted by Crippen LogP contribution is -1.96. The van der Waals surface area contributed by atoms with E-state index in [1.807, 2.05) is 0 Å². The second kappa shape index (κ2) is 14.3. The van der Waals surface area contributed by atoms with E-state index in [4.69, 9.17) is 0 Å². The number of aromatic nitrogens is 4. The summed E-state index contributed by atoms with van der Waals surface area (Å²) in [6, 6.07) is 88.7. The minimum absolute atomic E-state index is 1.13. The maximum Gasteiger partial charge on any atom is 0.0803 e. The second-order valence-electron chi connectivity index (χ2n) is 17.3. The molecule has 10 aromatic carbocycles. The lowest BCUT2D eigenvalue weighted by molar-refractivity contribution is 1.17. The molecule has 0 spiro atoms. The van der Waals surface area contributed by atoms with Gasteiger partial charge in [-0.3, -0.25) is 0 Å². The van der Waals surface area contributed by atoms with Crippen molar-refractivity contribution >= 4 is 76.5 Å². The van der Waals surface area contributed by atoms with Crippen LogP contribution >= 0.6 is 0 Å². The van der Waals surface area contributed by atoms with Crippen LogP contribution in [0.15, 0.2) is 243 Å². The molecule has 0 saturated carbocycles. The van der Waals surface area contributed by atoms with E-state index in [0.717, 1.165) is 22.7 Å². The number of nitrogens with zero attached hydrogens (tertiary/aromatic N) is 4. The molecule has 4 heterocycles. The highest BCUT2D eigenvalue weighted by Gasteiger charge is 2.24. The molecule has 66 heavy (non-hydrogen) atoms. The van der Waals surface area contributed by atoms with Crippen molar-refractivity contribution in [3.05, 3.63) is 243 Å². The number of benzene rings is 10. The molecule has 0 N–H and O–H groups in total. The fraction of sp³-hybridized carbons (Fsp3) is 0. The highest BCUT2D eigenvalue weighted by Crippen LogP contribution is 2.44. The topological polar surface area (TPSA) is 19.7 Å². The van der Waals surface area contributed by atoms with Crippen LogP contribution in [0.3, 0.4) is 0 Å². The molecule has 0 saturated heterocycles. The van der Waals surface area contributed by atoms with Gasteiger partial charge in [-0.15, -0.1) is 0 Å². The normalized spacial score (nSPS) is 11.9. The molecule has 4 aromatic heterocycles. The van der Waals surface area contributed by atoms with Crippen molar-refractivity contribution in [3.63, 3.8) is 0 Å². The maximum absolute atomic E-state index is 2.48. The Labute approximate surface area is 380 Å². The van der Waals surface area contributed by atoms with Gasteiger partial charge in [0.25, 0.3) is 0 Å². The van der Waals surface area contributed by atoms with Crippen LogP contribution in [0.4, 0.5) is 0 Å². The van der Waals surface area contributed by atoms with Gasteiger partial charge in [0.1, 0.15) is 0 Å². The standard InChI is InChI=1S/C62H40N4/c1-3-19-45(20-4-1)65-59-39-43(41-17-15-23-47(37-41)63-55-29-11-7-25-49(55)50-26-8-12-30-56(50)63)33-35-53(59)62-61(65)54-36-34-44(40-60(54)66(62)46-21-5-2-6-22-46)42-18-16-24-48(38-42)64-57-31-13-9-27-51(57)52-28-10-14-32-58(52)64/h1-40H. The van der Waals surface area contributed by atoms with Crippen LogP contribution in [0, 0.1) is 0 Å². The zero-order valence-corrected chi connectivity index (χ0v) is 35.9. The maximum atomic E-state index is 2.48. The summed E-state index contributed by atoms with van der Waals surface area (Å²) in [6.07, 6.45) is 0. The van der Waals surface area contributed by atoms with Crippen LogP contribution in [0.2, 0.25) is 0 Å². The van der Waals surface area contributed by atoms with Gasteiger partial charge in [0, 0.05) is 55.1 Å².